The molecule has 0 aromatic carbocycles. The van der Waals surface area contributed by atoms with Gasteiger partial charge in [0, 0.05) is 17.6 Å². The first-order valence-electron chi connectivity index (χ1n) is 16.2. The number of thioether (sulfide) groups is 1. The number of esters is 1. The number of ether oxygens (including phenoxy) is 1. The van der Waals surface area contributed by atoms with Crippen molar-refractivity contribution in [1.29, 1.82) is 0 Å². The van der Waals surface area contributed by atoms with Crippen LogP contribution in [0, 0.1) is 11.3 Å². The zero-order valence-electron chi connectivity index (χ0n) is 27.9. The van der Waals surface area contributed by atoms with Gasteiger partial charge in [0.1, 0.15) is 23.2 Å². The highest BCUT2D eigenvalue weighted by molar-refractivity contribution is 8.13. The Labute approximate surface area is 276 Å². The van der Waals surface area contributed by atoms with Crippen LogP contribution >= 0.6 is 23.1 Å². The Kier molecular flexibility index (Phi) is 16.3. The highest BCUT2D eigenvalue weighted by Gasteiger charge is 2.36. The second-order valence-corrected chi connectivity index (χ2v) is 14.9. The third-order valence-corrected chi connectivity index (χ3v) is 9.34. The number of carbonyl (C=O) groups excluding carboxylic acids is 5. The van der Waals surface area contributed by atoms with E-state index in [0.29, 0.717) is 30.0 Å². The second-order valence-electron chi connectivity index (χ2n) is 12.9. The van der Waals surface area contributed by atoms with E-state index < -0.39 is 47.4 Å². The van der Waals surface area contributed by atoms with Crippen LogP contribution in [0.2, 0.25) is 0 Å². The number of rotatable bonds is 12. The van der Waals surface area contributed by atoms with Crippen molar-refractivity contribution in [2.45, 2.75) is 130 Å². The maximum absolute atomic E-state index is 13.4. The van der Waals surface area contributed by atoms with E-state index in [2.05, 4.69) is 27.9 Å². The molecule has 2 rings (SSSR count). The molecule has 0 saturated heterocycles. The molecule has 2 bridgehead atoms. The number of carbonyl (C=O) groups is 5. The highest BCUT2D eigenvalue weighted by Crippen LogP contribution is 2.35. The van der Waals surface area contributed by atoms with Gasteiger partial charge in [0.15, 0.2) is 10.8 Å². The lowest BCUT2D eigenvalue weighted by atomic mass is 9.86. The fourth-order valence-corrected chi connectivity index (χ4v) is 6.60. The van der Waals surface area contributed by atoms with Crippen LogP contribution in [0.15, 0.2) is 17.5 Å². The van der Waals surface area contributed by atoms with Crippen LogP contribution in [-0.4, -0.2) is 57.7 Å². The highest BCUT2D eigenvalue weighted by atomic mass is 32.2. The number of aromatic nitrogens is 1. The predicted molar refractivity (Wildman–Crippen MR) is 180 cm³/mol. The van der Waals surface area contributed by atoms with Gasteiger partial charge in [-0.1, -0.05) is 92.0 Å². The first-order chi connectivity index (χ1) is 21.3. The molecule has 45 heavy (non-hydrogen) atoms. The summed E-state index contributed by atoms with van der Waals surface area (Å²) in [5.41, 5.74) is -0.365. The molecule has 0 radical (unpaired) electrons. The van der Waals surface area contributed by atoms with E-state index in [1.54, 1.807) is 24.5 Å². The van der Waals surface area contributed by atoms with Crippen molar-refractivity contribution in [1.82, 2.24) is 20.9 Å². The number of nitrogens with one attached hydrogen (secondary N) is 3. The van der Waals surface area contributed by atoms with Crippen molar-refractivity contribution >= 4 is 51.9 Å². The molecule has 1 aromatic heterocycles. The molecule has 2 heterocycles. The molecule has 3 amide bonds. The number of cyclic esters (lactones) is 1. The van der Waals surface area contributed by atoms with Crippen LogP contribution in [0.1, 0.15) is 128 Å². The van der Waals surface area contributed by atoms with Crippen molar-refractivity contribution in [3.05, 3.63) is 28.2 Å². The minimum absolute atomic E-state index is 0.0876. The Bertz CT molecular complexity index is 1180. The van der Waals surface area contributed by atoms with Gasteiger partial charge in [-0.3, -0.25) is 19.2 Å². The predicted octanol–water partition coefficient (Wildman–Crippen LogP) is 5.88. The van der Waals surface area contributed by atoms with Crippen LogP contribution in [-0.2, 0) is 23.9 Å². The number of amides is 3. The molecule has 0 spiro atoms. The van der Waals surface area contributed by atoms with Gasteiger partial charge >= 0.3 is 5.97 Å². The summed E-state index contributed by atoms with van der Waals surface area (Å²) in [5.74, 6) is -1.64. The van der Waals surface area contributed by atoms with Gasteiger partial charge in [0.25, 0.3) is 0 Å². The Morgan fingerprint density at radius 1 is 1.07 bits per heavy atom. The van der Waals surface area contributed by atoms with Gasteiger partial charge in [-0.05, 0) is 36.7 Å². The van der Waals surface area contributed by atoms with Crippen LogP contribution < -0.4 is 16.0 Å². The minimum atomic E-state index is -0.906. The van der Waals surface area contributed by atoms with E-state index >= 15 is 0 Å². The quantitative estimate of drug-likeness (QED) is 0.143. The molecule has 1 aliphatic heterocycles. The van der Waals surface area contributed by atoms with E-state index in [-0.39, 0.29) is 29.1 Å². The summed E-state index contributed by atoms with van der Waals surface area (Å²) in [4.78, 5) is 69.6. The molecule has 0 saturated carbocycles. The molecular weight excluding hydrogens is 613 g/mol. The summed E-state index contributed by atoms with van der Waals surface area (Å²) in [6.07, 6.45) is 9.28. The maximum Gasteiger partial charge on any atom is 0.358 e. The average molecular weight is 665 g/mol. The normalized spacial score (nSPS) is 22.2. The smallest absolute Gasteiger partial charge is 0.358 e. The lowest BCUT2D eigenvalue weighted by molar-refractivity contribution is -0.133. The van der Waals surface area contributed by atoms with Gasteiger partial charge < -0.3 is 20.7 Å². The van der Waals surface area contributed by atoms with Gasteiger partial charge in [-0.2, -0.15) is 0 Å². The van der Waals surface area contributed by atoms with Crippen LogP contribution in [0.25, 0.3) is 0 Å². The van der Waals surface area contributed by atoms with E-state index in [1.165, 1.54) is 35.9 Å². The van der Waals surface area contributed by atoms with Gasteiger partial charge in [0.2, 0.25) is 17.7 Å². The van der Waals surface area contributed by atoms with E-state index in [4.69, 9.17) is 4.74 Å². The molecule has 0 fully saturated rings. The third kappa shape index (κ3) is 13.3. The summed E-state index contributed by atoms with van der Waals surface area (Å²) < 4.78 is 5.71. The number of hydrogen-bond acceptors (Lipinski definition) is 9. The van der Waals surface area contributed by atoms with Crippen molar-refractivity contribution in [3.8, 4) is 0 Å². The van der Waals surface area contributed by atoms with Crippen molar-refractivity contribution in [2.75, 3.05) is 5.75 Å². The monoisotopic (exact) mass is 664 g/mol. The van der Waals surface area contributed by atoms with Crippen LogP contribution in [0.3, 0.4) is 0 Å². The summed E-state index contributed by atoms with van der Waals surface area (Å²) in [7, 11) is 0. The molecule has 12 heteroatoms. The molecule has 252 valence electrons. The Hall–Kier alpha value is -2.73. The lowest BCUT2D eigenvalue weighted by Gasteiger charge is -2.32. The van der Waals surface area contributed by atoms with Crippen LogP contribution in [0.5, 0.6) is 0 Å². The Morgan fingerprint density at radius 3 is 2.42 bits per heavy atom. The fourth-order valence-electron chi connectivity index (χ4n) is 4.75. The average Bonchev–Trinajstić information content (AvgIpc) is 3.45. The number of hydrogen-bond donors (Lipinski definition) is 3. The molecule has 4 atom stereocenters. The second kappa shape index (κ2) is 19.1. The third-order valence-electron chi connectivity index (χ3n) is 7.47. The molecular formula is C33H52N4O6S2. The molecule has 10 nitrogen and oxygen atoms in total. The van der Waals surface area contributed by atoms with Gasteiger partial charge in [0.05, 0.1) is 12.5 Å². The fraction of sp³-hybridized carbons (Fsp3) is 0.697. The standard InChI is InChI=1S/C33H52N4O6S2/c1-8-10-11-12-13-17-26(39)44-18-15-14-16-22-19-25(38)34-23(9-2)29(40)36-27(21(3)4)30(41)37-28(33(5,6)7)31-35-24(20-45-31)32(42)43-22/h14,16,20-23,27-28H,8-13,15,17-19H2,1-7H3,(H,34,38)(H,36,40)(H,37,41)/b16-14+/t22?,23-,27-,28?/m0/s1. The Morgan fingerprint density at radius 2 is 1.78 bits per heavy atom. The molecule has 1 aromatic rings. The number of thiazole rings is 1. The largest absolute Gasteiger partial charge is 0.453 e. The molecule has 0 aliphatic carbocycles. The maximum atomic E-state index is 13.4. The van der Waals surface area contributed by atoms with Gasteiger partial charge in [-0.15, -0.1) is 11.3 Å². The number of allylic oxidation sites excluding steroid dienone is 1. The topological polar surface area (TPSA) is 144 Å². The molecule has 3 N–H and O–H groups in total. The SMILES string of the molecule is CCCCCCCC(=O)SCC/C=C/C1CC(=O)N[C@@H](CC)C(=O)N[C@@H](C(C)C)C(=O)NC(C(C)(C)C)c2nc(cs2)C(=O)O1. The number of unbranched alkanes of at least 4 members (excludes halogenated alkanes) is 4. The lowest BCUT2D eigenvalue weighted by Crippen LogP contribution is -2.56. The van der Waals surface area contributed by atoms with Crippen molar-refractivity contribution < 1.29 is 28.7 Å². The van der Waals surface area contributed by atoms with Crippen molar-refractivity contribution in [2.24, 2.45) is 11.3 Å². The first kappa shape index (κ1) is 38.5. The first-order valence-corrected chi connectivity index (χ1v) is 18.0. The minimum Gasteiger partial charge on any atom is -0.453 e. The summed E-state index contributed by atoms with van der Waals surface area (Å²) in [6.45, 7) is 13.5. The van der Waals surface area contributed by atoms with Crippen LogP contribution in [0.4, 0.5) is 0 Å². The Balaban J connectivity index is 2.24. The zero-order valence-corrected chi connectivity index (χ0v) is 29.5. The molecule has 1 aliphatic rings. The number of fused-ring (bicyclic) bond motifs is 2. The van der Waals surface area contributed by atoms with Gasteiger partial charge in [-0.25, -0.2) is 9.78 Å². The molecule has 2 unspecified atom stereocenters. The summed E-state index contributed by atoms with van der Waals surface area (Å²) in [5, 5.41) is 10.9. The van der Waals surface area contributed by atoms with E-state index in [0.717, 1.165) is 19.3 Å². The van der Waals surface area contributed by atoms with Crippen molar-refractivity contribution in [3.63, 3.8) is 0 Å². The van der Waals surface area contributed by atoms with E-state index in [1.807, 2.05) is 34.6 Å². The zero-order chi connectivity index (χ0) is 33.6. The summed E-state index contributed by atoms with van der Waals surface area (Å²) in [6, 6.07) is -2.25. The van der Waals surface area contributed by atoms with E-state index in [9.17, 15) is 24.0 Å². The summed E-state index contributed by atoms with van der Waals surface area (Å²) >= 11 is 2.53. The number of nitrogens with zero attached hydrogens (tertiary/aromatic N) is 1.